The van der Waals surface area contributed by atoms with Gasteiger partial charge in [0.25, 0.3) is 5.91 Å². The van der Waals surface area contributed by atoms with Crippen LogP contribution in [0.1, 0.15) is 23.0 Å². The molecule has 130 valence electrons. The zero-order valence-corrected chi connectivity index (χ0v) is 15.2. The fourth-order valence-electron chi connectivity index (χ4n) is 2.37. The van der Waals surface area contributed by atoms with E-state index in [1.165, 1.54) is 0 Å². The quantitative estimate of drug-likeness (QED) is 0.641. The molecule has 6 heteroatoms. The number of imidazole rings is 1. The molecule has 1 atom stereocenters. The van der Waals surface area contributed by atoms with Crippen LogP contribution in [-0.4, -0.2) is 34.9 Å². The second kappa shape index (κ2) is 8.18. The van der Waals surface area contributed by atoms with Gasteiger partial charge in [-0.3, -0.25) is 4.79 Å². The molecule has 3 aromatic rings. The van der Waals surface area contributed by atoms with Crippen molar-refractivity contribution in [3.05, 3.63) is 66.1 Å². The van der Waals surface area contributed by atoms with Crippen molar-refractivity contribution in [2.75, 3.05) is 13.6 Å². The summed E-state index contributed by atoms with van der Waals surface area (Å²) in [5, 5.41) is 6.02. The normalized spacial score (nSPS) is 12.2. The number of rotatable bonds is 7. The number of hydrogen-bond acceptors (Lipinski definition) is 4. The van der Waals surface area contributed by atoms with E-state index in [1.807, 2.05) is 73.2 Å². The van der Waals surface area contributed by atoms with Crippen molar-refractivity contribution in [1.29, 1.82) is 0 Å². The van der Waals surface area contributed by atoms with Crippen LogP contribution in [0, 0.1) is 0 Å². The third-order valence-electron chi connectivity index (χ3n) is 3.98. The van der Waals surface area contributed by atoms with Crippen LogP contribution in [0.5, 0.6) is 0 Å². The first-order chi connectivity index (χ1) is 12.2. The molecule has 0 radical (unpaired) electrons. The first-order valence-electron chi connectivity index (χ1n) is 8.26. The first kappa shape index (κ1) is 17.5. The number of benzene rings is 1. The molecule has 0 spiro atoms. The van der Waals surface area contributed by atoms with Gasteiger partial charge in [0, 0.05) is 41.2 Å². The third kappa shape index (κ3) is 4.61. The largest absolute Gasteiger partial charge is 0.350 e. The highest BCUT2D eigenvalue weighted by Gasteiger charge is 2.07. The van der Waals surface area contributed by atoms with Gasteiger partial charge in [-0.05, 0) is 50.4 Å². The van der Waals surface area contributed by atoms with E-state index in [0.717, 1.165) is 22.0 Å². The molecule has 5 nitrogen and oxygen atoms in total. The summed E-state index contributed by atoms with van der Waals surface area (Å²) in [7, 11) is 1.88. The number of nitrogens with zero attached hydrogens (tertiary/aromatic N) is 2. The number of carbonyl (C=O) groups is 1. The summed E-state index contributed by atoms with van der Waals surface area (Å²) in [6, 6.07) is 13.9. The minimum atomic E-state index is -0.0426. The number of amides is 1. The molecule has 2 N–H and O–H groups in total. The van der Waals surface area contributed by atoms with Crippen LogP contribution in [0.15, 0.2) is 59.8 Å². The summed E-state index contributed by atoms with van der Waals surface area (Å²) in [5.74, 6) is 0.756. The summed E-state index contributed by atoms with van der Waals surface area (Å²) in [6.45, 7) is 2.64. The smallest absolute Gasteiger partial charge is 0.251 e. The predicted molar refractivity (Wildman–Crippen MR) is 102 cm³/mol. The number of nitrogens with one attached hydrogen (secondary N) is 2. The van der Waals surface area contributed by atoms with Crippen LogP contribution < -0.4 is 10.6 Å². The van der Waals surface area contributed by atoms with Crippen molar-refractivity contribution >= 4 is 23.3 Å². The Balaban J connectivity index is 1.56. The minimum absolute atomic E-state index is 0.0426. The maximum Gasteiger partial charge on any atom is 0.251 e. The van der Waals surface area contributed by atoms with Crippen LogP contribution in [0.25, 0.3) is 5.65 Å². The third-order valence-corrected chi connectivity index (χ3v) is 5.02. The number of likely N-dealkylation sites (N-methyl/N-ethyl adjacent to an activating group) is 1. The van der Waals surface area contributed by atoms with E-state index in [9.17, 15) is 4.79 Å². The Morgan fingerprint density at radius 2 is 2.04 bits per heavy atom. The molecule has 0 aliphatic rings. The molecule has 3 rings (SSSR count). The Labute approximate surface area is 151 Å². The van der Waals surface area contributed by atoms with Crippen molar-refractivity contribution in [2.45, 2.75) is 23.6 Å². The van der Waals surface area contributed by atoms with E-state index in [2.05, 4.69) is 15.6 Å². The number of hydrogen-bond donors (Lipinski definition) is 2. The van der Waals surface area contributed by atoms with E-state index >= 15 is 0 Å². The Bertz CT molecular complexity index is 811. The van der Waals surface area contributed by atoms with Gasteiger partial charge in [0.2, 0.25) is 0 Å². The van der Waals surface area contributed by atoms with Crippen molar-refractivity contribution < 1.29 is 4.79 Å². The van der Waals surface area contributed by atoms with Gasteiger partial charge in [0.05, 0.1) is 5.69 Å². The van der Waals surface area contributed by atoms with Gasteiger partial charge >= 0.3 is 0 Å². The Morgan fingerprint density at radius 1 is 1.24 bits per heavy atom. The zero-order valence-electron chi connectivity index (χ0n) is 14.4. The lowest BCUT2D eigenvalue weighted by atomic mass is 10.2. The van der Waals surface area contributed by atoms with Crippen molar-refractivity contribution in [3.63, 3.8) is 0 Å². The van der Waals surface area contributed by atoms with Gasteiger partial charge < -0.3 is 15.0 Å². The van der Waals surface area contributed by atoms with Gasteiger partial charge in [-0.2, -0.15) is 0 Å². The standard InChI is InChI=1S/C19H22N4OS/c1-14(20-2)11-21-19(24)15-6-8-17(9-7-15)25-13-16-12-23-10-4-3-5-18(23)22-16/h3-10,12,14,20H,11,13H2,1-2H3,(H,21,24). The average molecular weight is 354 g/mol. The monoisotopic (exact) mass is 354 g/mol. The SMILES string of the molecule is CNC(C)CNC(=O)c1ccc(SCc2cn3ccccc3n2)cc1. The topological polar surface area (TPSA) is 58.4 Å². The van der Waals surface area contributed by atoms with Gasteiger partial charge in [0.1, 0.15) is 5.65 Å². The van der Waals surface area contributed by atoms with Crippen LogP contribution in [0.2, 0.25) is 0 Å². The van der Waals surface area contributed by atoms with Crippen LogP contribution >= 0.6 is 11.8 Å². The number of thioether (sulfide) groups is 1. The molecule has 2 heterocycles. The summed E-state index contributed by atoms with van der Waals surface area (Å²) >= 11 is 1.71. The molecular weight excluding hydrogens is 332 g/mol. The molecule has 1 unspecified atom stereocenters. The van der Waals surface area contributed by atoms with Gasteiger partial charge in [-0.25, -0.2) is 4.98 Å². The molecule has 2 aromatic heterocycles. The van der Waals surface area contributed by atoms with E-state index in [4.69, 9.17) is 0 Å². The molecule has 0 fully saturated rings. The summed E-state index contributed by atoms with van der Waals surface area (Å²) < 4.78 is 2.02. The molecule has 0 aliphatic heterocycles. The molecule has 1 amide bonds. The average Bonchev–Trinajstić information content (AvgIpc) is 3.07. The van der Waals surface area contributed by atoms with Gasteiger partial charge in [0.15, 0.2) is 0 Å². The molecule has 0 aliphatic carbocycles. The molecule has 0 saturated heterocycles. The fourth-order valence-corrected chi connectivity index (χ4v) is 3.15. The Hall–Kier alpha value is -2.31. The lowest BCUT2D eigenvalue weighted by Crippen LogP contribution is -2.37. The highest BCUT2D eigenvalue weighted by Crippen LogP contribution is 2.23. The maximum absolute atomic E-state index is 12.1. The van der Waals surface area contributed by atoms with Crippen LogP contribution in [0.3, 0.4) is 0 Å². The van der Waals surface area contributed by atoms with Gasteiger partial charge in [-0.1, -0.05) is 6.07 Å². The summed E-state index contributed by atoms with van der Waals surface area (Å²) in [6.07, 6.45) is 4.05. The van der Waals surface area contributed by atoms with Gasteiger partial charge in [-0.15, -0.1) is 11.8 Å². The number of aromatic nitrogens is 2. The highest BCUT2D eigenvalue weighted by molar-refractivity contribution is 7.98. The molecule has 0 bridgehead atoms. The lowest BCUT2D eigenvalue weighted by molar-refractivity contribution is 0.0950. The number of pyridine rings is 1. The number of fused-ring (bicyclic) bond motifs is 1. The molecule has 0 saturated carbocycles. The highest BCUT2D eigenvalue weighted by atomic mass is 32.2. The Kier molecular flexibility index (Phi) is 5.73. The zero-order chi connectivity index (χ0) is 17.6. The summed E-state index contributed by atoms with van der Waals surface area (Å²) in [5.41, 5.74) is 2.68. The minimum Gasteiger partial charge on any atom is -0.350 e. The van der Waals surface area contributed by atoms with Crippen molar-refractivity contribution in [2.24, 2.45) is 0 Å². The summed E-state index contributed by atoms with van der Waals surface area (Å²) in [4.78, 5) is 17.8. The predicted octanol–water partition coefficient (Wildman–Crippen LogP) is 2.96. The fraction of sp³-hybridized carbons (Fsp3) is 0.263. The maximum atomic E-state index is 12.1. The van der Waals surface area contributed by atoms with E-state index in [1.54, 1.807) is 11.8 Å². The lowest BCUT2D eigenvalue weighted by Gasteiger charge is -2.11. The molecule has 1 aromatic carbocycles. The van der Waals surface area contributed by atoms with E-state index < -0.39 is 0 Å². The molecular formula is C19H22N4OS. The van der Waals surface area contributed by atoms with Crippen LogP contribution in [-0.2, 0) is 5.75 Å². The van der Waals surface area contributed by atoms with E-state index in [-0.39, 0.29) is 11.9 Å². The second-order valence-electron chi connectivity index (χ2n) is 5.91. The van der Waals surface area contributed by atoms with Crippen LogP contribution in [0.4, 0.5) is 0 Å². The van der Waals surface area contributed by atoms with Crippen molar-refractivity contribution in [1.82, 2.24) is 20.0 Å². The second-order valence-corrected chi connectivity index (χ2v) is 6.96. The van der Waals surface area contributed by atoms with E-state index in [0.29, 0.717) is 12.1 Å². The first-order valence-corrected chi connectivity index (χ1v) is 9.25. The Morgan fingerprint density at radius 3 is 2.76 bits per heavy atom. The number of carbonyl (C=O) groups excluding carboxylic acids is 1. The van der Waals surface area contributed by atoms with Crippen molar-refractivity contribution in [3.8, 4) is 0 Å². The molecule has 25 heavy (non-hydrogen) atoms.